The minimum Gasteiger partial charge on any atom is -0.378 e. The number of carbonyl (C=O) groups excluding carboxylic acids is 1. The second kappa shape index (κ2) is 6.39. The van der Waals surface area contributed by atoms with Gasteiger partial charge in [-0.05, 0) is 31.1 Å². The fourth-order valence-electron chi connectivity index (χ4n) is 2.92. The molecule has 21 heavy (non-hydrogen) atoms. The van der Waals surface area contributed by atoms with Gasteiger partial charge in [0.25, 0.3) is 0 Å². The third kappa shape index (κ3) is 3.32. The summed E-state index contributed by atoms with van der Waals surface area (Å²) in [6, 6.07) is 4.00. The molecule has 114 valence electrons. The fourth-order valence-corrected chi connectivity index (χ4v) is 2.92. The maximum absolute atomic E-state index is 12.3. The second-order valence-electron chi connectivity index (χ2n) is 6.09. The fraction of sp³-hybridized carbons (Fsp3) is 0.529. The van der Waals surface area contributed by atoms with Gasteiger partial charge in [-0.25, -0.2) is 0 Å². The van der Waals surface area contributed by atoms with Gasteiger partial charge in [-0.3, -0.25) is 9.78 Å². The van der Waals surface area contributed by atoms with E-state index in [0.29, 0.717) is 0 Å². The molecule has 2 atom stereocenters. The van der Waals surface area contributed by atoms with E-state index >= 15 is 0 Å². The molecule has 1 aliphatic rings. The Kier molecular flexibility index (Phi) is 4.78. The Labute approximate surface area is 126 Å². The van der Waals surface area contributed by atoms with Crippen LogP contribution in [0.1, 0.15) is 32.8 Å². The molecule has 1 aromatic heterocycles. The third-order valence-electron chi connectivity index (χ3n) is 4.41. The van der Waals surface area contributed by atoms with Gasteiger partial charge in [0.15, 0.2) is 0 Å². The summed E-state index contributed by atoms with van der Waals surface area (Å²) in [7, 11) is 1.87. The number of pyridine rings is 1. The molecule has 0 bridgehead atoms. The molecule has 4 heteroatoms. The zero-order valence-corrected chi connectivity index (χ0v) is 13.2. The van der Waals surface area contributed by atoms with Gasteiger partial charge in [0.1, 0.15) is 0 Å². The van der Waals surface area contributed by atoms with Crippen molar-refractivity contribution in [2.75, 3.05) is 13.7 Å². The van der Waals surface area contributed by atoms with E-state index in [1.807, 2.05) is 31.0 Å². The molecule has 0 aromatic carbocycles. The summed E-state index contributed by atoms with van der Waals surface area (Å²) in [4.78, 5) is 18.1. The first-order valence-corrected chi connectivity index (χ1v) is 7.43. The van der Waals surface area contributed by atoms with Crippen molar-refractivity contribution in [3.8, 4) is 0 Å². The number of ether oxygens (including phenoxy) is 1. The van der Waals surface area contributed by atoms with Crippen LogP contribution in [0.5, 0.6) is 0 Å². The van der Waals surface area contributed by atoms with Crippen molar-refractivity contribution < 1.29 is 9.53 Å². The van der Waals surface area contributed by atoms with Gasteiger partial charge in [0.2, 0.25) is 5.91 Å². The maximum Gasteiger partial charge on any atom is 0.246 e. The zero-order chi connectivity index (χ0) is 15.5. The predicted molar refractivity (Wildman–Crippen MR) is 83.6 cm³/mol. The third-order valence-corrected chi connectivity index (χ3v) is 4.41. The smallest absolute Gasteiger partial charge is 0.246 e. The van der Waals surface area contributed by atoms with Crippen molar-refractivity contribution in [1.82, 2.24) is 9.88 Å². The molecule has 1 fully saturated rings. The topological polar surface area (TPSA) is 42.4 Å². The number of rotatable bonds is 5. The molecule has 0 radical (unpaired) electrons. The zero-order valence-electron chi connectivity index (χ0n) is 13.2. The number of amides is 1. The van der Waals surface area contributed by atoms with Crippen molar-refractivity contribution >= 4 is 12.0 Å². The molecular formula is C17H24N2O2. The van der Waals surface area contributed by atoms with Crippen molar-refractivity contribution in [3.05, 3.63) is 36.2 Å². The number of carbonyl (C=O) groups is 1. The molecule has 0 saturated heterocycles. The highest BCUT2D eigenvalue weighted by Gasteiger charge is 2.51. The quantitative estimate of drug-likeness (QED) is 0.782. The standard InChI is InChI=1S/C17H24N2O2/c1-5-21-15-11-14(17(15,2)3)19(4)16(20)9-8-13-7-6-10-18-12-13/h6-10,12,14-15H,5,11H2,1-4H3/b9-8+. The summed E-state index contributed by atoms with van der Waals surface area (Å²) in [6.45, 7) is 7.06. The van der Waals surface area contributed by atoms with Crippen LogP contribution in [0.2, 0.25) is 0 Å². The van der Waals surface area contributed by atoms with Crippen LogP contribution in [-0.2, 0) is 9.53 Å². The Morgan fingerprint density at radius 1 is 1.57 bits per heavy atom. The van der Waals surface area contributed by atoms with E-state index in [2.05, 4.69) is 18.8 Å². The lowest BCUT2D eigenvalue weighted by molar-refractivity contribution is -0.159. The van der Waals surface area contributed by atoms with Gasteiger partial charge in [-0.15, -0.1) is 0 Å². The SMILES string of the molecule is CCOC1CC(N(C)C(=O)/C=C/c2cccnc2)C1(C)C. The minimum atomic E-state index is 0.00254. The summed E-state index contributed by atoms with van der Waals surface area (Å²) >= 11 is 0. The summed E-state index contributed by atoms with van der Waals surface area (Å²) < 4.78 is 5.72. The number of hydrogen-bond donors (Lipinski definition) is 0. The van der Waals surface area contributed by atoms with Gasteiger partial charge >= 0.3 is 0 Å². The minimum absolute atomic E-state index is 0.00254. The lowest BCUT2D eigenvalue weighted by Gasteiger charge is -2.54. The Morgan fingerprint density at radius 3 is 2.90 bits per heavy atom. The monoisotopic (exact) mass is 288 g/mol. The van der Waals surface area contributed by atoms with E-state index in [0.717, 1.165) is 18.6 Å². The van der Waals surface area contributed by atoms with Gasteiger partial charge < -0.3 is 9.64 Å². The molecule has 2 rings (SSSR count). The first kappa shape index (κ1) is 15.7. The van der Waals surface area contributed by atoms with Crippen molar-refractivity contribution in [2.24, 2.45) is 5.41 Å². The van der Waals surface area contributed by atoms with Crippen LogP contribution >= 0.6 is 0 Å². The summed E-state index contributed by atoms with van der Waals surface area (Å²) in [5.41, 5.74) is 0.932. The molecule has 2 unspecified atom stereocenters. The normalized spacial score (nSPS) is 23.8. The summed E-state index contributed by atoms with van der Waals surface area (Å²) in [6.07, 6.45) is 8.02. The van der Waals surface area contributed by atoms with Gasteiger partial charge in [0.05, 0.1) is 6.10 Å². The number of hydrogen-bond acceptors (Lipinski definition) is 3. The molecule has 1 heterocycles. The number of likely N-dealkylation sites (N-methyl/N-ethyl adjacent to an activating group) is 1. The van der Waals surface area contributed by atoms with Crippen LogP contribution in [-0.4, -0.2) is 41.6 Å². The molecule has 1 aliphatic carbocycles. The van der Waals surface area contributed by atoms with Crippen LogP contribution in [0.15, 0.2) is 30.6 Å². The van der Waals surface area contributed by atoms with Gasteiger partial charge in [-0.1, -0.05) is 19.9 Å². The van der Waals surface area contributed by atoms with E-state index in [4.69, 9.17) is 4.74 Å². The van der Waals surface area contributed by atoms with Crippen molar-refractivity contribution in [2.45, 2.75) is 39.3 Å². The Bertz CT molecular complexity index is 511. The molecule has 1 amide bonds. The van der Waals surface area contributed by atoms with Crippen LogP contribution in [0.4, 0.5) is 0 Å². The van der Waals surface area contributed by atoms with Gasteiger partial charge in [-0.2, -0.15) is 0 Å². The molecule has 0 spiro atoms. The predicted octanol–water partition coefficient (Wildman–Crippen LogP) is 2.76. The molecule has 1 saturated carbocycles. The number of aromatic nitrogens is 1. The van der Waals surface area contributed by atoms with E-state index < -0.39 is 0 Å². The van der Waals surface area contributed by atoms with Crippen LogP contribution < -0.4 is 0 Å². The highest BCUT2D eigenvalue weighted by Crippen LogP contribution is 2.45. The van der Waals surface area contributed by atoms with Crippen LogP contribution in [0.3, 0.4) is 0 Å². The molecule has 0 N–H and O–H groups in total. The van der Waals surface area contributed by atoms with E-state index in [1.54, 1.807) is 24.5 Å². The highest BCUT2D eigenvalue weighted by atomic mass is 16.5. The molecule has 4 nitrogen and oxygen atoms in total. The summed E-state index contributed by atoms with van der Waals surface area (Å²) in [5, 5.41) is 0. The molecule has 1 aromatic rings. The highest BCUT2D eigenvalue weighted by molar-refractivity contribution is 5.91. The lowest BCUT2D eigenvalue weighted by atomic mass is 9.64. The second-order valence-corrected chi connectivity index (χ2v) is 6.09. The molecule has 0 aliphatic heterocycles. The van der Waals surface area contributed by atoms with E-state index in [9.17, 15) is 4.79 Å². The van der Waals surface area contributed by atoms with E-state index in [-0.39, 0.29) is 23.5 Å². The Balaban J connectivity index is 1.96. The Morgan fingerprint density at radius 2 is 2.33 bits per heavy atom. The van der Waals surface area contributed by atoms with Crippen LogP contribution in [0, 0.1) is 5.41 Å². The Hall–Kier alpha value is -1.68. The first-order chi connectivity index (χ1) is 9.96. The maximum atomic E-state index is 12.3. The van der Waals surface area contributed by atoms with E-state index in [1.165, 1.54) is 0 Å². The average molecular weight is 288 g/mol. The summed E-state index contributed by atoms with van der Waals surface area (Å²) in [5.74, 6) is 0.0203. The largest absolute Gasteiger partial charge is 0.378 e. The van der Waals surface area contributed by atoms with Crippen molar-refractivity contribution in [1.29, 1.82) is 0 Å². The molecular weight excluding hydrogens is 264 g/mol. The average Bonchev–Trinajstić information content (AvgIpc) is 2.49. The van der Waals surface area contributed by atoms with Crippen LogP contribution in [0.25, 0.3) is 6.08 Å². The number of nitrogens with zero attached hydrogens (tertiary/aromatic N) is 2. The lowest BCUT2D eigenvalue weighted by Crippen LogP contribution is -2.62. The first-order valence-electron chi connectivity index (χ1n) is 7.43. The van der Waals surface area contributed by atoms with Crippen molar-refractivity contribution in [3.63, 3.8) is 0 Å². The van der Waals surface area contributed by atoms with Gasteiger partial charge in [0, 0.05) is 43.6 Å².